The summed E-state index contributed by atoms with van der Waals surface area (Å²) in [7, 11) is 0. The third-order valence-electron chi connectivity index (χ3n) is 2.32. The summed E-state index contributed by atoms with van der Waals surface area (Å²) in [4.78, 5) is 27.7. The molecule has 0 atom stereocenters. The van der Waals surface area contributed by atoms with E-state index in [-0.39, 0.29) is 36.0 Å². The van der Waals surface area contributed by atoms with Gasteiger partial charge >= 0.3 is 29.6 Å². The second-order valence-corrected chi connectivity index (χ2v) is 5.16. The molecule has 0 spiro atoms. The number of Topliss-reactive ketones (excluding diaryl/α,β-unsaturated/α-hetero) is 2. The number of hydrogen-bond donors (Lipinski definition) is 0. The van der Waals surface area contributed by atoms with E-state index < -0.39 is 11.6 Å². The van der Waals surface area contributed by atoms with Crippen molar-refractivity contribution >= 4 is 39.5 Å². The van der Waals surface area contributed by atoms with Gasteiger partial charge in [0.1, 0.15) is 5.03 Å². The van der Waals surface area contributed by atoms with Crippen LogP contribution in [0, 0.1) is 13.8 Å². The maximum atomic E-state index is 12.0. The Labute approximate surface area is 151 Å². The van der Waals surface area contributed by atoms with Gasteiger partial charge in [-0.3, -0.25) is 14.6 Å². The van der Waals surface area contributed by atoms with Crippen LogP contribution in [0.4, 0.5) is 0 Å². The molecule has 0 bridgehead atoms. The first-order valence-electron chi connectivity index (χ1n) is 5.26. The van der Waals surface area contributed by atoms with Crippen LogP contribution >= 0.6 is 28.0 Å². The third kappa shape index (κ3) is 5.53. The minimum atomic E-state index is -0.556. The number of pyridine rings is 1. The van der Waals surface area contributed by atoms with Crippen LogP contribution in [0.3, 0.4) is 0 Å². The van der Waals surface area contributed by atoms with Crippen molar-refractivity contribution in [2.24, 2.45) is 0 Å². The molecular weight excluding hydrogens is 361 g/mol. The predicted molar refractivity (Wildman–Crippen MR) is 69.5 cm³/mol. The van der Waals surface area contributed by atoms with Gasteiger partial charge in [0, 0.05) is 17.3 Å². The SMILES string of the molecule is Cc1cc(SOO[O-])nc(C)c1C(=O)C(=O)CCBr.[Na+]. The van der Waals surface area contributed by atoms with Crippen molar-refractivity contribution in [3.05, 3.63) is 22.9 Å². The Morgan fingerprint density at radius 1 is 1.45 bits per heavy atom. The first kappa shape index (κ1) is 20.2. The number of aryl methyl sites for hydroxylation is 2. The number of ketones is 2. The molecule has 1 aromatic rings. The summed E-state index contributed by atoms with van der Waals surface area (Å²) in [5.74, 6) is -1.02. The molecule has 104 valence electrons. The van der Waals surface area contributed by atoms with E-state index in [1.54, 1.807) is 19.9 Å². The van der Waals surface area contributed by atoms with Crippen LogP contribution in [0.25, 0.3) is 0 Å². The van der Waals surface area contributed by atoms with Gasteiger partial charge in [0.2, 0.25) is 11.6 Å². The van der Waals surface area contributed by atoms with E-state index in [2.05, 4.69) is 30.3 Å². The minimum absolute atomic E-state index is 0. The molecule has 1 heterocycles. The minimum Gasteiger partial charge on any atom is -0.691 e. The quantitative estimate of drug-likeness (QED) is 0.109. The molecule has 9 heteroatoms. The summed E-state index contributed by atoms with van der Waals surface area (Å²) in [6, 6.07) is 1.55. The fourth-order valence-electron chi connectivity index (χ4n) is 1.57. The Morgan fingerprint density at radius 2 is 2.10 bits per heavy atom. The number of carbonyl (C=O) groups excluding carboxylic acids is 2. The smallest absolute Gasteiger partial charge is 0.691 e. The van der Waals surface area contributed by atoms with Crippen molar-refractivity contribution in [3.8, 4) is 0 Å². The second-order valence-electron chi connectivity index (χ2n) is 3.65. The fraction of sp³-hybridized carbons (Fsp3) is 0.364. The Kier molecular flexibility index (Phi) is 10.1. The molecular formula is C11H11BrNNaO5S. The predicted octanol–water partition coefficient (Wildman–Crippen LogP) is -1.53. The monoisotopic (exact) mass is 371 g/mol. The van der Waals surface area contributed by atoms with Crippen LogP contribution in [-0.4, -0.2) is 21.9 Å². The average molecular weight is 372 g/mol. The molecule has 0 aliphatic heterocycles. The van der Waals surface area contributed by atoms with E-state index in [1.807, 2.05) is 0 Å². The van der Waals surface area contributed by atoms with Crippen LogP contribution in [-0.2, 0) is 14.2 Å². The van der Waals surface area contributed by atoms with Gasteiger partial charge in [0.15, 0.2) is 0 Å². The summed E-state index contributed by atoms with van der Waals surface area (Å²) in [6.07, 6.45) is 0.140. The maximum Gasteiger partial charge on any atom is 1.00 e. The number of rotatable bonds is 7. The van der Waals surface area contributed by atoms with Crippen LogP contribution < -0.4 is 34.8 Å². The van der Waals surface area contributed by atoms with Crippen molar-refractivity contribution in [1.29, 1.82) is 0 Å². The molecule has 0 saturated carbocycles. The van der Waals surface area contributed by atoms with Crippen LogP contribution in [0.15, 0.2) is 11.1 Å². The molecule has 1 rings (SSSR count). The average Bonchev–Trinajstić information content (AvgIpc) is 2.35. The van der Waals surface area contributed by atoms with Crippen molar-refractivity contribution in [3.63, 3.8) is 0 Å². The van der Waals surface area contributed by atoms with Crippen molar-refractivity contribution < 1.29 is 53.8 Å². The number of carbonyl (C=O) groups is 2. The molecule has 0 unspecified atom stereocenters. The van der Waals surface area contributed by atoms with Crippen LogP contribution in [0.1, 0.15) is 28.0 Å². The zero-order chi connectivity index (χ0) is 14.4. The standard InChI is InChI=1S/C11H12BrNO5S.Na/c1-6-5-9(19-18-17-16)13-7(2)10(6)11(15)8(14)3-4-12;/h5,16H,3-4H2,1-2H3;/q;+1/p-1. The Balaban J connectivity index is 0.00000361. The Hall–Kier alpha value is 0.200. The topological polar surface area (TPSA) is 88.5 Å². The van der Waals surface area contributed by atoms with E-state index in [4.69, 9.17) is 0 Å². The molecule has 20 heavy (non-hydrogen) atoms. The van der Waals surface area contributed by atoms with Gasteiger partial charge in [-0.25, -0.2) is 4.98 Å². The zero-order valence-electron chi connectivity index (χ0n) is 11.3. The van der Waals surface area contributed by atoms with E-state index >= 15 is 0 Å². The number of aromatic nitrogens is 1. The van der Waals surface area contributed by atoms with Crippen molar-refractivity contribution in [2.45, 2.75) is 25.3 Å². The molecule has 0 fully saturated rings. The summed E-state index contributed by atoms with van der Waals surface area (Å²) in [5.41, 5.74) is 1.29. The molecule has 1 aromatic heterocycles. The molecule has 0 N–H and O–H groups in total. The molecule has 6 nitrogen and oxygen atoms in total. The molecule has 0 aromatic carbocycles. The van der Waals surface area contributed by atoms with E-state index in [9.17, 15) is 14.8 Å². The fourth-order valence-corrected chi connectivity index (χ4v) is 2.43. The van der Waals surface area contributed by atoms with Crippen molar-refractivity contribution in [2.75, 3.05) is 5.33 Å². The van der Waals surface area contributed by atoms with Gasteiger partial charge < -0.3 is 5.26 Å². The maximum absolute atomic E-state index is 12.0. The van der Waals surface area contributed by atoms with Gasteiger partial charge in [0.25, 0.3) is 0 Å². The van der Waals surface area contributed by atoms with E-state index in [0.29, 0.717) is 39.2 Å². The summed E-state index contributed by atoms with van der Waals surface area (Å²) < 4.78 is 4.16. The number of alkyl halides is 1. The van der Waals surface area contributed by atoms with E-state index in [0.717, 1.165) is 0 Å². The molecule has 0 radical (unpaired) electrons. The second kappa shape index (κ2) is 10.0. The van der Waals surface area contributed by atoms with Crippen LogP contribution in [0.5, 0.6) is 0 Å². The van der Waals surface area contributed by atoms with Gasteiger partial charge in [-0.2, -0.15) is 4.33 Å². The molecule has 0 amide bonds. The summed E-state index contributed by atoms with van der Waals surface area (Å²) in [6.45, 7) is 3.30. The summed E-state index contributed by atoms with van der Waals surface area (Å²) >= 11 is 3.75. The molecule has 0 aliphatic carbocycles. The summed E-state index contributed by atoms with van der Waals surface area (Å²) in [5, 5.41) is 13.8. The van der Waals surface area contributed by atoms with Gasteiger partial charge in [-0.05, 0) is 25.5 Å². The first-order chi connectivity index (χ1) is 9.01. The normalized spacial score (nSPS) is 10.0. The molecule has 0 saturated heterocycles. The van der Waals surface area contributed by atoms with Crippen molar-refractivity contribution in [1.82, 2.24) is 4.98 Å². The third-order valence-corrected chi connectivity index (χ3v) is 3.22. The van der Waals surface area contributed by atoms with Gasteiger partial charge in [-0.15, -0.1) is 0 Å². The van der Waals surface area contributed by atoms with Gasteiger partial charge in [0.05, 0.1) is 17.7 Å². The number of hydrogen-bond acceptors (Lipinski definition) is 7. The largest absolute Gasteiger partial charge is 1.00 e. The Bertz CT molecular complexity index is 477. The van der Waals surface area contributed by atoms with Gasteiger partial charge in [-0.1, -0.05) is 15.9 Å². The number of halogens is 1. The Morgan fingerprint density at radius 3 is 2.60 bits per heavy atom. The molecule has 0 aliphatic rings. The first-order valence-corrected chi connectivity index (χ1v) is 7.12. The van der Waals surface area contributed by atoms with Crippen LogP contribution in [0.2, 0.25) is 0 Å². The zero-order valence-corrected chi connectivity index (χ0v) is 15.7. The van der Waals surface area contributed by atoms with E-state index in [1.165, 1.54) is 0 Å². The number of nitrogens with zero attached hydrogens (tertiary/aromatic N) is 1.